The van der Waals surface area contributed by atoms with Gasteiger partial charge in [0.05, 0.1) is 0 Å². The highest BCUT2D eigenvalue weighted by molar-refractivity contribution is 7.99. The topological polar surface area (TPSA) is 35.6 Å². The third-order valence-corrected chi connectivity index (χ3v) is 6.19. The molecule has 7 heteroatoms. The first-order valence-corrected chi connectivity index (χ1v) is 10.1. The van der Waals surface area contributed by atoms with Crippen molar-refractivity contribution in [3.8, 4) is 0 Å². The fourth-order valence-electron chi connectivity index (χ4n) is 3.59. The number of rotatable bonds is 4. The SMILES string of the molecule is CC1(C)CN(C(=O)CC2CSCCN2)CCN1Cc1ccccc1.Cl.Cl. The molecule has 148 valence electrons. The molecule has 0 aliphatic carbocycles. The van der Waals surface area contributed by atoms with Gasteiger partial charge in [0.2, 0.25) is 5.91 Å². The summed E-state index contributed by atoms with van der Waals surface area (Å²) in [6, 6.07) is 11.0. The average Bonchev–Trinajstić information content (AvgIpc) is 2.58. The number of thioether (sulfide) groups is 1. The van der Waals surface area contributed by atoms with Crippen molar-refractivity contribution in [3.05, 3.63) is 35.9 Å². The second-order valence-corrected chi connectivity index (χ2v) is 8.61. The zero-order chi connectivity index (χ0) is 17.0. The number of benzene rings is 1. The van der Waals surface area contributed by atoms with Gasteiger partial charge in [-0.3, -0.25) is 9.69 Å². The zero-order valence-electron chi connectivity index (χ0n) is 15.6. The van der Waals surface area contributed by atoms with E-state index in [0.717, 1.165) is 44.2 Å². The molecule has 2 aliphatic heterocycles. The number of hydrogen-bond acceptors (Lipinski definition) is 4. The summed E-state index contributed by atoms with van der Waals surface area (Å²) in [4.78, 5) is 17.2. The molecule has 2 fully saturated rings. The first-order chi connectivity index (χ1) is 11.5. The summed E-state index contributed by atoms with van der Waals surface area (Å²) < 4.78 is 0. The second kappa shape index (κ2) is 10.8. The molecular weight excluding hydrogens is 389 g/mol. The lowest BCUT2D eigenvalue weighted by atomic mass is 9.97. The summed E-state index contributed by atoms with van der Waals surface area (Å²) in [7, 11) is 0. The second-order valence-electron chi connectivity index (χ2n) is 7.46. The van der Waals surface area contributed by atoms with Gasteiger partial charge in [-0.2, -0.15) is 11.8 Å². The molecule has 2 aliphatic rings. The molecule has 2 heterocycles. The highest BCUT2D eigenvalue weighted by atomic mass is 35.5. The molecule has 1 N–H and O–H groups in total. The van der Waals surface area contributed by atoms with Crippen molar-refractivity contribution >= 4 is 42.5 Å². The van der Waals surface area contributed by atoms with Crippen molar-refractivity contribution in [1.29, 1.82) is 0 Å². The Morgan fingerprint density at radius 1 is 1.23 bits per heavy atom. The van der Waals surface area contributed by atoms with Gasteiger partial charge in [0.25, 0.3) is 0 Å². The van der Waals surface area contributed by atoms with Gasteiger partial charge in [0.15, 0.2) is 0 Å². The molecule has 1 aromatic carbocycles. The molecule has 2 saturated heterocycles. The predicted octanol–water partition coefficient (Wildman–Crippen LogP) is 3.05. The summed E-state index contributed by atoms with van der Waals surface area (Å²) >= 11 is 1.95. The van der Waals surface area contributed by atoms with E-state index in [1.807, 2.05) is 11.8 Å². The summed E-state index contributed by atoms with van der Waals surface area (Å²) in [5.41, 5.74) is 1.35. The van der Waals surface area contributed by atoms with E-state index in [4.69, 9.17) is 0 Å². The van der Waals surface area contributed by atoms with Crippen molar-refractivity contribution in [3.63, 3.8) is 0 Å². The van der Waals surface area contributed by atoms with Crippen LogP contribution in [-0.4, -0.2) is 65.0 Å². The fourth-order valence-corrected chi connectivity index (χ4v) is 4.54. The molecule has 1 amide bonds. The summed E-state index contributed by atoms with van der Waals surface area (Å²) in [5.74, 6) is 2.53. The fraction of sp³-hybridized carbons (Fsp3) is 0.632. The molecule has 1 aromatic rings. The number of carbonyl (C=O) groups is 1. The maximum absolute atomic E-state index is 12.7. The lowest BCUT2D eigenvalue weighted by Gasteiger charge is -2.47. The Labute approximate surface area is 174 Å². The van der Waals surface area contributed by atoms with E-state index in [2.05, 4.69) is 59.3 Å². The zero-order valence-corrected chi connectivity index (χ0v) is 18.1. The van der Waals surface area contributed by atoms with Crippen LogP contribution >= 0.6 is 36.6 Å². The van der Waals surface area contributed by atoms with E-state index < -0.39 is 0 Å². The number of hydrogen-bond donors (Lipinski definition) is 1. The van der Waals surface area contributed by atoms with Gasteiger partial charge in [0, 0.05) is 62.2 Å². The Morgan fingerprint density at radius 3 is 2.58 bits per heavy atom. The molecule has 1 atom stereocenters. The van der Waals surface area contributed by atoms with Gasteiger partial charge >= 0.3 is 0 Å². The van der Waals surface area contributed by atoms with Crippen molar-refractivity contribution in [1.82, 2.24) is 15.1 Å². The molecule has 0 saturated carbocycles. The number of halogens is 2. The maximum Gasteiger partial charge on any atom is 0.224 e. The van der Waals surface area contributed by atoms with Crippen molar-refractivity contribution in [2.45, 2.75) is 38.4 Å². The molecule has 1 unspecified atom stereocenters. The Morgan fingerprint density at radius 2 is 1.96 bits per heavy atom. The van der Waals surface area contributed by atoms with Crippen LogP contribution in [0.15, 0.2) is 30.3 Å². The number of piperazine rings is 1. The predicted molar refractivity (Wildman–Crippen MR) is 116 cm³/mol. The molecule has 3 rings (SSSR count). The molecule has 4 nitrogen and oxygen atoms in total. The van der Waals surface area contributed by atoms with Gasteiger partial charge in [-0.05, 0) is 19.4 Å². The van der Waals surface area contributed by atoms with Crippen LogP contribution in [0.5, 0.6) is 0 Å². The van der Waals surface area contributed by atoms with E-state index in [1.165, 1.54) is 5.56 Å². The Balaban J connectivity index is 0.00000169. The smallest absolute Gasteiger partial charge is 0.224 e. The lowest BCUT2D eigenvalue weighted by Crippen LogP contribution is -2.60. The van der Waals surface area contributed by atoms with Crippen molar-refractivity contribution in [2.24, 2.45) is 0 Å². The van der Waals surface area contributed by atoms with Gasteiger partial charge < -0.3 is 10.2 Å². The van der Waals surface area contributed by atoms with Gasteiger partial charge in [-0.1, -0.05) is 30.3 Å². The van der Waals surface area contributed by atoms with Crippen LogP contribution in [0, 0.1) is 0 Å². The van der Waals surface area contributed by atoms with Crippen molar-refractivity contribution < 1.29 is 4.79 Å². The minimum absolute atomic E-state index is 0. The Kier molecular flexibility index (Phi) is 9.76. The number of nitrogens with one attached hydrogen (secondary N) is 1. The first-order valence-electron chi connectivity index (χ1n) is 8.92. The Bertz CT molecular complexity index is 553. The lowest BCUT2D eigenvalue weighted by molar-refractivity contribution is -0.136. The molecule has 0 aromatic heterocycles. The standard InChI is InChI=1S/C19H29N3OS.2ClH/c1-19(2)15-21(18(23)12-17-14-24-11-8-20-17)9-10-22(19)13-16-6-4-3-5-7-16;;/h3-7,17,20H,8-15H2,1-2H3;2*1H. The largest absolute Gasteiger partial charge is 0.340 e. The van der Waals surface area contributed by atoms with E-state index in [1.54, 1.807) is 0 Å². The van der Waals surface area contributed by atoms with E-state index >= 15 is 0 Å². The van der Waals surface area contributed by atoms with Crippen LogP contribution in [0.4, 0.5) is 0 Å². The van der Waals surface area contributed by atoms with E-state index in [9.17, 15) is 4.79 Å². The van der Waals surface area contributed by atoms with Crippen LogP contribution < -0.4 is 5.32 Å². The van der Waals surface area contributed by atoms with Crippen LogP contribution in [-0.2, 0) is 11.3 Å². The number of nitrogens with zero attached hydrogens (tertiary/aromatic N) is 2. The van der Waals surface area contributed by atoms with Crippen LogP contribution in [0.1, 0.15) is 25.8 Å². The highest BCUT2D eigenvalue weighted by Gasteiger charge is 2.35. The van der Waals surface area contributed by atoms with Crippen LogP contribution in [0.3, 0.4) is 0 Å². The summed E-state index contributed by atoms with van der Waals surface area (Å²) in [6.07, 6.45) is 0.641. The highest BCUT2D eigenvalue weighted by Crippen LogP contribution is 2.24. The normalized spacial score (nSPS) is 22.8. The summed E-state index contributed by atoms with van der Waals surface area (Å²) in [6.45, 7) is 9.10. The van der Waals surface area contributed by atoms with Crippen LogP contribution in [0.2, 0.25) is 0 Å². The number of amides is 1. The third kappa shape index (κ3) is 6.31. The average molecular weight is 420 g/mol. The monoisotopic (exact) mass is 419 g/mol. The van der Waals surface area contributed by atoms with Crippen molar-refractivity contribution in [2.75, 3.05) is 37.7 Å². The van der Waals surface area contributed by atoms with Gasteiger partial charge in [0.1, 0.15) is 0 Å². The Hall–Kier alpha value is -0.460. The maximum atomic E-state index is 12.7. The first kappa shape index (κ1) is 23.6. The minimum Gasteiger partial charge on any atom is -0.340 e. The number of carbonyl (C=O) groups excluding carboxylic acids is 1. The van der Waals surface area contributed by atoms with E-state index in [0.29, 0.717) is 18.4 Å². The molecule has 0 spiro atoms. The molecular formula is C19H31Cl2N3OS. The van der Waals surface area contributed by atoms with Gasteiger partial charge in [-0.15, -0.1) is 24.8 Å². The van der Waals surface area contributed by atoms with E-state index in [-0.39, 0.29) is 30.4 Å². The van der Waals surface area contributed by atoms with Gasteiger partial charge in [-0.25, -0.2) is 0 Å². The quantitative estimate of drug-likeness (QED) is 0.812. The summed E-state index contributed by atoms with van der Waals surface area (Å²) in [5, 5.41) is 3.47. The third-order valence-electron chi connectivity index (χ3n) is 5.06. The molecule has 0 radical (unpaired) electrons. The minimum atomic E-state index is 0. The molecule has 26 heavy (non-hydrogen) atoms. The van der Waals surface area contributed by atoms with Crippen LogP contribution in [0.25, 0.3) is 0 Å². The molecule has 0 bridgehead atoms.